The number of oxime groups is 1. The second-order valence-corrected chi connectivity index (χ2v) is 0.662. The number of nitrogens with zero attached hydrogens (tertiary/aromatic N) is 2. The van der Waals surface area contributed by atoms with Crippen molar-refractivity contribution in [1.29, 1.82) is 0 Å². The molecule has 0 amide bonds. The van der Waals surface area contributed by atoms with Crippen LogP contribution < -0.4 is 5.32 Å². The minimum Gasteiger partial charge on any atom is -0.371 e. The molecule has 1 heterocycles. The van der Waals surface area contributed by atoms with Crippen LogP contribution in [-0.2, 0) is 4.84 Å². The summed E-state index contributed by atoms with van der Waals surface area (Å²) < 4.78 is 0. The molecule has 0 saturated heterocycles. The number of hydrogen-bond acceptors (Lipinski definition) is 2. The summed E-state index contributed by atoms with van der Waals surface area (Å²) in [5, 5.41) is 6.86. The predicted molar refractivity (Wildman–Crippen MR) is 16.6 cm³/mol. The summed E-state index contributed by atoms with van der Waals surface area (Å²) in [6, 6.07) is 0. The van der Waals surface area contributed by atoms with E-state index in [-0.39, 0.29) is 0 Å². The lowest BCUT2D eigenvalue weighted by molar-refractivity contribution is 0.163. The Kier molecular flexibility index (Phi) is 0.463. The Balaban J connectivity index is 2.32. The maximum absolute atomic E-state index is 4.35. The Morgan fingerprint density at radius 2 is 2.80 bits per heavy atom. The molecule has 0 spiro atoms. The van der Waals surface area contributed by atoms with Crippen LogP contribution in [0, 0.1) is 0 Å². The first-order valence-electron chi connectivity index (χ1n) is 1.30. The van der Waals surface area contributed by atoms with Crippen molar-refractivity contribution < 1.29 is 4.84 Å². The van der Waals surface area contributed by atoms with E-state index in [0.29, 0.717) is 6.73 Å². The van der Waals surface area contributed by atoms with Crippen molar-refractivity contribution in [3.63, 3.8) is 0 Å². The number of rotatable bonds is 0. The topological polar surface area (TPSA) is 35.7 Å². The summed E-state index contributed by atoms with van der Waals surface area (Å²) in [7, 11) is 0. The van der Waals surface area contributed by atoms with Gasteiger partial charge in [-0.25, -0.2) is 5.32 Å². The second kappa shape index (κ2) is 0.924. The van der Waals surface area contributed by atoms with Crippen molar-refractivity contribution >= 4 is 6.34 Å². The second-order valence-electron chi connectivity index (χ2n) is 0.662. The molecule has 0 aromatic carbocycles. The van der Waals surface area contributed by atoms with Gasteiger partial charge in [-0.2, -0.15) is 0 Å². The predicted octanol–water partition coefficient (Wildman–Crippen LogP) is -0.478. The maximum Gasteiger partial charge on any atom is 0.208 e. The van der Waals surface area contributed by atoms with Crippen LogP contribution in [0.15, 0.2) is 5.16 Å². The molecule has 0 aromatic rings. The summed E-state index contributed by atoms with van der Waals surface area (Å²) in [6.45, 7) is 0.403. The van der Waals surface area contributed by atoms with Gasteiger partial charge in [0, 0.05) is 0 Å². The molecule has 3 heteroatoms. The van der Waals surface area contributed by atoms with Crippen LogP contribution >= 0.6 is 0 Å². The molecule has 5 heavy (non-hydrogen) atoms. The quantitative estimate of drug-likeness (QED) is 0.380. The van der Waals surface area contributed by atoms with E-state index in [0.717, 1.165) is 0 Å². The fourth-order valence-corrected chi connectivity index (χ4v) is 0.167. The lowest BCUT2D eigenvalue weighted by Gasteiger charge is -1.75. The summed E-state index contributed by atoms with van der Waals surface area (Å²) in [4.78, 5) is 4.35. The van der Waals surface area contributed by atoms with E-state index in [2.05, 4.69) is 15.3 Å². The van der Waals surface area contributed by atoms with Crippen LogP contribution in [0.2, 0.25) is 0 Å². The first-order valence-corrected chi connectivity index (χ1v) is 1.30. The lowest BCUT2D eigenvalue weighted by Crippen LogP contribution is -1.93. The summed E-state index contributed by atoms with van der Waals surface area (Å²) >= 11 is 0. The molecular formula is C2H3N2O. The van der Waals surface area contributed by atoms with Gasteiger partial charge in [0.1, 0.15) is 0 Å². The third-order valence-electron chi connectivity index (χ3n) is 0.336. The van der Waals surface area contributed by atoms with Gasteiger partial charge in [0.05, 0.1) is 0 Å². The van der Waals surface area contributed by atoms with E-state index in [1.165, 1.54) is 6.34 Å². The van der Waals surface area contributed by atoms with E-state index >= 15 is 0 Å². The van der Waals surface area contributed by atoms with Gasteiger partial charge in [0.25, 0.3) is 0 Å². The maximum atomic E-state index is 4.35. The third-order valence-corrected chi connectivity index (χ3v) is 0.336. The van der Waals surface area contributed by atoms with E-state index in [1.54, 1.807) is 0 Å². The van der Waals surface area contributed by atoms with Crippen molar-refractivity contribution in [2.75, 3.05) is 6.73 Å². The molecule has 0 N–H and O–H groups in total. The van der Waals surface area contributed by atoms with Crippen molar-refractivity contribution in [3.05, 3.63) is 0 Å². The molecule has 3 nitrogen and oxygen atoms in total. The first-order chi connectivity index (χ1) is 2.50. The van der Waals surface area contributed by atoms with Crippen molar-refractivity contribution in [3.8, 4) is 0 Å². The zero-order chi connectivity index (χ0) is 3.54. The third kappa shape index (κ3) is 0.289. The van der Waals surface area contributed by atoms with Crippen molar-refractivity contribution in [2.45, 2.75) is 0 Å². The molecule has 0 atom stereocenters. The average molecular weight is 71.1 g/mol. The Labute approximate surface area is 29.6 Å². The largest absolute Gasteiger partial charge is 0.371 e. The summed E-state index contributed by atoms with van der Waals surface area (Å²) in [5.74, 6) is 0. The molecule has 1 rings (SSSR count). The van der Waals surface area contributed by atoms with Crippen LogP contribution in [0.5, 0.6) is 0 Å². The minimum atomic E-state index is 0.403. The number of hydrogen-bond donors (Lipinski definition) is 0. The highest BCUT2D eigenvalue weighted by molar-refractivity contribution is 5.53. The first kappa shape index (κ1) is 2.50. The highest BCUT2D eigenvalue weighted by atomic mass is 16.6. The van der Waals surface area contributed by atoms with Gasteiger partial charge in [-0.15, -0.1) is 0 Å². The molecule has 1 aliphatic heterocycles. The smallest absolute Gasteiger partial charge is 0.208 e. The SMILES string of the molecule is C1=NOC[N]1. The van der Waals surface area contributed by atoms with Crippen LogP contribution in [-0.4, -0.2) is 13.1 Å². The highest BCUT2D eigenvalue weighted by Gasteiger charge is 1.85. The van der Waals surface area contributed by atoms with Gasteiger partial charge in [-0.05, 0) is 0 Å². The normalized spacial score (nSPS) is 17.6. The molecular weight excluding hydrogens is 68.0 g/mol. The standard InChI is InChI=1S/C2H3N2O/c1-3-2-5-4-1/h1H,2H2. The zero-order valence-corrected chi connectivity index (χ0v) is 2.59. The monoisotopic (exact) mass is 71.0 g/mol. The van der Waals surface area contributed by atoms with Crippen molar-refractivity contribution in [2.24, 2.45) is 5.16 Å². The molecule has 0 saturated carbocycles. The Bertz CT molecular complexity index is 45.6. The molecule has 0 unspecified atom stereocenters. The van der Waals surface area contributed by atoms with Gasteiger partial charge in [-0.3, -0.25) is 0 Å². The molecule has 27 valence electrons. The van der Waals surface area contributed by atoms with E-state index in [9.17, 15) is 0 Å². The van der Waals surface area contributed by atoms with Gasteiger partial charge < -0.3 is 4.84 Å². The fourth-order valence-electron chi connectivity index (χ4n) is 0.167. The molecule has 1 radical (unpaired) electrons. The van der Waals surface area contributed by atoms with E-state index in [1.807, 2.05) is 0 Å². The van der Waals surface area contributed by atoms with Crippen molar-refractivity contribution in [1.82, 2.24) is 5.32 Å². The lowest BCUT2D eigenvalue weighted by atomic mass is 11.2. The summed E-state index contributed by atoms with van der Waals surface area (Å²) in [6.07, 6.45) is 1.39. The van der Waals surface area contributed by atoms with Crippen LogP contribution in [0.25, 0.3) is 0 Å². The Morgan fingerprint density at radius 3 is 3.00 bits per heavy atom. The van der Waals surface area contributed by atoms with Crippen LogP contribution in [0.4, 0.5) is 0 Å². The fraction of sp³-hybridized carbons (Fsp3) is 0.500. The van der Waals surface area contributed by atoms with Gasteiger partial charge in [0.2, 0.25) is 6.73 Å². The summed E-state index contributed by atoms with van der Waals surface area (Å²) in [5.41, 5.74) is 0. The van der Waals surface area contributed by atoms with Gasteiger partial charge in [0.15, 0.2) is 6.34 Å². The van der Waals surface area contributed by atoms with Gasteiger partial charge >= 0.3 is 0 Å². The van der Waals surface area contributed by atoms with Crippen LogP contribution in [0.1, 0.15) is 0 Å². The zero-order valence-electron chi connectivity index (χ0n) is 2.59. The minimum absolute atomic E-state index is 0.403. The average Bonchev–Trinajstić information content (AvgIpc) is 1.76. The Hall–Kier alpha value is -0.730. The molecule has 0 aromatic heterocycles. The Morgan fingerprint density at radius 1 is 1.80 bits per heavy atom. The van der Waals surface area contributed by atoms with E-state index < -0.39 is 0 Å². The van der Waals surface area contributed by atoms with Crippen LogP contribution in [0.3, 0.4) is 0 Å². The molecule has 0 bridgehead atoms. The van der Waals surface area contributed by atoms with Gasteiger partial charge in [-0.1, -0.05) is 5.16 Å². The molecule has 1 aliphatic rings. The molecule has 0 fully saturated rings. The molecule has 0 aliphatic carbocycles. The highest BCUT2D eigenvalue weighted by Crippen LogP contribution is 1.75. The van der Waals surface area contributed by atoms with E-state index in [4.69, 9.17) is 0 Å².